The molecule has 0 spiro atoms. The number of hydrazine groups is 1. The Morgan fingerprint density at radius 3 is 2.89 bits per heavy atom. The predicted octanol–water partition coefficient (Wildman–Crippen LogP) is 1.52. The zero-order valence-electron chi connectivity index (χ0n) is 10.6. The molecule has 3 N–H and O–H groups in total. The maximum atomic E-state index is 5.72. The number of aromatic nitrogens is 3. The Hall–Kier alpha value is -2.24. The minimum atomic E-state index is -0.144. The zero-order valence-corrected chi connectivity index (χ0v) is 10.6. The van der Waals surface area contributed by atoms with Crippen LogP contribution in [0.15, 0.2) is 48.9 Å². The van der Waals surface area contributed by atoms with Crippen molar-refractivity contribution in [1.29, 1.82) is 0 Å². The molecule has 0 aliphatic heterocycles. The van der Waals surface area contributed by atoms with Gasteiger partial charge < -0.3 is 0 Å². The van der Waals surface area contributed by atoms with E-state index in [9.17, 15) is 0 Å². The van der Waals surface area contributed by atoms with Gasteiger partial charge in [0.1, 0.15) is 0 Å². The highest BCUT2D eigenvalue weighted by Gasteiger charge is 2.17. The molecular weight excluding hydrogens is 238 g/mol. The van der Waals surface area contributed by atoms with E-state index in [-0.39, 0.29) is 6.04 Å². The van der Waals surface area contributed by atoms with Crippen LogP contribution >= 0.6 is 0 Å². The summed E-state index contributed by atoms with van der Waals surface area (Å²) in [6, 6.07) is 9.93. The van der Waals surface area contributed by atoms with Crippen LogP contribution in [-0.4, -0.2) is 14.8 Å². The lowest BCUT2D eigenvalue weighted by molar-refractivity contribution is 0.607. The molecule has 1 unspecified atom stereocenters. The van der Waals surface area contributed by atoms with Crippen molar-refractivity contribution in [2.24, 2.45) is 12.9 Å². The van der Waals surface area contributed by atoms with Crippen molar-refractivity contribution >= 4 is 10.8 Å². The van der Waals surface area contributed by atoms with E-state index in [4.69, 9.17) is 5.84 Å². The normalized spacial score (nSPS) is 12.7. The topological polar surface area (TPSA) is 68.8 Å². The van der Waals surface area contributed by atoms with Crippen LogP contribution in [0.4, 0.5) is 0 Å². The minimum Gasteiger partial charge on any atom is -0.275 e. The number of nitrogens with zero attached hydrogens (tertiary/aromatic N) is 3. The van der Waals surface area contributed by atoms with Gasteiger partial charge in [0, 0.05) is 31.0 Å². The Morgan fingerprint density at radius 1 is 1.26 bits per heavy atom. The third kappa shape index (κ3) is 2.09. The summed E-state index contributed by atoms with van der Waals surface area (Å²) in [5.41, 5.74) is 4.80. The smallest absolute Gasteiger partial charge is 0.0906 e. The van der Waals surface area contributed by atoms with E-state index in [1.807, 2.05) is 43.7 Å². The lowest BCUT2D eigenvalue weighted by atomic mass is 9.98. The van der Waals surface area contributed by atoms with E-state index >= 15 is 0 Å². The average Bonchev–Trinajstić information content (AvgIpc) is 2.86. The van der Waals surface area contributed by atoms with E-state index in [2.05, 4.69) is 21.6 Å². The number of nitrogens with two attached hydrogens (primary N) is 1. The van der Waals surface area contributed by atoms with Crippen LogP contribution in [0.25, 0.3) is 10.8 Å². The van der Waals surface area contributed by atoms with Gasteiger partial charge >= 0.3 is 0 Å². The lowest BCUT2D eigenvalue weighted by Crippen LogP contribution is -2.29. The molecule has 0 saturated carbocycles. The van der Waals surface area contributed by atoms with Crippen LogP contribution in [0.2, 0.25) is 0 Å². The summed E-state index contributed by atoms with van der Waals surface area (Å²) in [6.07, 6.45) is 5.55. The first-order valence-corrected chi connectivity index (χ1v) is 6.08. The summed E-state index contributed by atoms with van der Waals surface area (Å²) < 4.78 is 1.77. The molecule has 3 aromatic rings. The number of nitrogens with one attached hydrogen (secondary N) is 1. The molecule has 2 heterocycles. The van der Waals surface area contributed by atoms with Crippen LogP contribution in [0.5, 0.6) is 0 Å². The fraction of sp³-hybridized carbons (Fsp3) is 0.143. The first-order valence-electron chi connectivity index (χ1n) is 6.08. The van der Waals surface area contributed by atoms with Crippen molar-refractivity contribution < 1.29 is 0 Å². The van der Waals surface area contributed by atoms with E-state index < -0.39 is 0 Å². The van der Waals surface area contributed by atoms with E-state index in [0.717, 1.165) is 22.0 Å². The molecule has 1 aromatic carbocycles. The molecule has 3 rings (SSSR count). The van der Waals surface area contributed by atoms with Crippen molar-refractivity contribution in [2.45, 2.75) is 6.04 Å². The number of hydrogen-bond donors (Lipinski definition) is 2. The summed E-state index contributed by atoms with van der Waals surface area (Å²) in [6.45, 7) is 0. The highest BCUT2D eigenvalue weighted by Crippen LogP contribution is 2.26. The second kappa shape index (κ2) is 4.79. The van der Waals surface area contributed by atoms with Crippen LogP contribution in [0, 0.1) is 0 Å². The molecule has 0 fully saturated rings. The van der Waals surface area contributed by atoms with Crippen LogP contribution < -0.4 is 11.3 Å². The molecule has 0 amide bonds. The van der Waals surface area contributed by atoms with Gasteiger partial charge in [-0.3, -0.25) is 15.5 Å². The van der Waals surface area contributed by atoms with E-state index in [0.29, 0.717) is 0 Å². The highest BCUT2D eigenvalue weighted by atomic mass is 15.3. The summed E-state index contributed by atoms with van der Waals surface area (Å²) in [5, 5.41) is 6.64. The molecular formula is C14H15N5. The molecule has 5 heteroatoms. The molecule has 0 radical (unpaired) electrons. The van der Waals surface area contributed by atoms with Gasteiger partial charge in [0.15, 0.2) is 0 Å². The van der Waals surface area contributed by atoms with Crippen molar-refractivity contribution in [1.82, 2.24) is 20.2 Å². The number of rotatable bonds is 3. The van der Waals surface area contributed by atoms with Gasteiger partial charge in [-0.25, -0.2) is 5.43 Å². The maximum absolute atomic E-state index is 5.72. The molecule has 0 saturated heterocycles. The van der Waals surface area contributed by atoms with Crippen LogP contribution in [0.1, 0.15) is 17.3 Å². The van der Waals surface area contributed by atoms with Gasteiger partial charge in [-0.1, -0.05) is 18.2 Å². The second-order valence-corrected chi connectivity index (χ2v) is 4.46. The van der Waals surface area contributed by atoms with Crippen LogP contribution in [0.3, 0.4) is 0 Å². The van der Waals surface area contributed by atoms with Gasteiger partial charge in [-0.15, -0.1) is 0 Å². The first-order chi connectivity index (χ1) is 9.29. The Morgan fingerprint density at radius 2 is 2.16 bits per heavy atom. The standard InChI is InChI=1S/C14H15N5/c1-19-8-6-13(18-19)14(17-15)11-4-2-3-10-5-7-16-9-12(10)11/h2-9,14,17H,15H2,1H3. The van der Waals surface area contributed by atoms with Gasteiger partial charge in [0.25, 0.3) is 0 Å². The molecule has 19 heavy (non-hydrogen) atoms. The number of hydrogen-bond acceptors (Lipinski definition) is 4. The van der Waals surface area contributed by atoms with E-state index in [1.165, 1.54) is 0 Å². The summed E-state index contributed by atoms with van der Waals surface area (Å²) >= 11 is 0. The van der Waals surface area contributed by atoms with Crippen molar-refractivity contribution in [2.75, 3.05) is 0 Å². The van der Waals surface area contributed by atoms with Gasteiger partial charge in [-0.2, -0.15) is 5.10 Å². The summed E-state index contributed by atoms with van der Waals surface area (Å²) in [7, 11) is 1.89. The van der Waals surface area contributed by atoms with Crippen molar-refractivity contribution in [3.63, 3.8) is 0 Å². The number of aryl methyl sites for hydroxylation is 1. The van der Waals surface area contributed by atoms with Gasteiger partial charge in [0.2, 0.25) is 0 Å². The fourth-order valence-electron chi connectivity index (χ4n) is 2.31. The third-order valence-electron chi connectivity index (χ3n) is 3.23. The molecule has 0 aliphatic rings. The Bertz CT molecular complexity index is 698. The quantitative estimate of drug-likeness (QED) is 0.548. The maximum Gasteiger partial charge on any atom is 0.0906 e. The molecule has 5 nitrogen and oxygen atoms in total. The van der Waals surface area contributed by atoms with Gasteiger partial charge in [-0.05, 0) is 23.1 Å². The largest absolute Gasteiger partial charge is 0.275 e. The number of pyridine rings is 1. The van der Waals surface area contributed by atoms with Crippen LogP contribution in [-0.2, 0) is 7.05 Å². The second-order valence-electron chi connectivity index (χ2n) is 4.46. The Balaban J connectivity index is 2.16. The summed E-state index contributed by atoms with van der Waals surface area (Å²) in [5.74, 6) is 5.72. The Kier molecular flexibility index (Phi) is 2.98. The number of fused-ring (bicyclic) bond motifs is 1. The monoisotopic (exact) mass is 253 g/mol. The van der Waals surface area contributed by atoms with Crippen molar-refractivity contribution in [3.8, 4) is 0 Å². The zero-order chi connectivity index (χ0) is 13.2. The highest BCUT2D eigenvalue weighted by molar-refractivity contribution is 5.85. The molecule has 96 valence electrons. The number of benzene rings is 1. The third-order valence-corrected chi connectivity index (χ3v) is 3.23. The molecule has 0 bridgehead atoms. The SMILES string of the molecule is Cn1ccc(C(NN)c2cccc3ccncc23)n1. The molecule has 1 atom stereocenters. The lowest BCUT2D eigenvalue weighted by Gasteiger charge is -2.16. The average molecular weight is 253 g/mol. The minimum absolute atomic E-state index is 0.144. The first kappa shape index (κ1) is 11.8. The molecule has 0 aliphatic carbocycles. The predicted molar refractivity (Wildman–Crippen MR) is 74.1 cm³/mol. The molecule has 2 aromatic heterocycles. The van der Waals surface area contributed by atoms with E-state index in [1.54, 1.807) is 10.9 Å². The Labute approximate surface area is 111 Å². The fourth-order valence-corrected chi connectivity index (χ4v) is 2.31. The summed E-state index contributed by atoms with van der Waals surface area (Å²) in [4.78, 5) is 4.19. The van der Waals surface area contributed by atoms with Crippen molar-refractivity contribution in [3.05, 3.63) is 60.2 Å². The van der Waals surface area contributed by atoms with Gasteiger partial charge in [0.05, 0.1) is 11.7 Å².